The Balaban J connectivity index is 1.68. The maximum absolute atomic E-state index is 13.7. The number of alkyl halides is 3. The fourth-order valence-corrected chi connectivity index (χ4v) is 4.26. The number of piperazine rings is 1. The van der Waals surface area contributed by atoms with E-state index in [0.29, 0.717) is 9.39 Å². The molecule has 1 fully saturated rings. The van der Waals surface area contributed by atoms with E-state index in [1.165, 1.54) is 21.1 Å². The Morgan fingerprint density at radius 3 is 2.50 bits per heavy atom. The molecule has 0 bridgehead atoms. The maximum Gasteiger partial charge on any atom is 0.433 e. The summed E-state index contributed by atoms with van der Waals surface area (Å²) in [6.45, 7) is 2.71. The predicted molar refractivity (Wildman–Crippen MR) is 111 cm³/mol. The highest BCUT2D eigenvalue weighted by Crippen LogP contribution is 2.35. The number of rotatable bonds is 3. The maximum atomic E-state index is 13.7. The number of fused-ring (bicyclic) bond motifs is 1. The van der Waals surface area contributed by atoms with Gasteiger partial charge in [-0.15, -0.1) is 11.3 Å². The second-order valence-corrected chi connectivity index (χ2v) is 8.20. The molecular formula is C19H17ClF3N5O3S. The molecule has 0 atom stereocenters. The minimum absolute atomic E-state index is 0.0867. The first-order valence-corrected chi connectivity index (χ1v) is 10.9. The number of halogens is 4. The lowest BCUT2D eigenvalue weighted by Crippen LogP contribution is -2.50. The van der Waals surface area contributed by atoms with Crippen molar-refractivity contribution >= 4 is 40.6 Å². The van der Waals surface area contributed by atoms with Gasteiger partial charge < -0.3 is 14.5 Å². The molecule has 1 saturated heterocycles. The zero-order chi connectivity index (χ0) is 23.0. The molecule has 1 aliphatic rings. The summed E-state index contributed by atoms with van der Waals surface area (Å²) in [7, 11) is 0. The molecular weight excluding hydrogens is 471 g/mol. The molecule has 0 unspecified atom stereocenters. The van der Waals surface area contributed by atoms with Crippen LogP contribution in [-0.2, 0) is 10.9 Å². The topological polar surface area (TPSA) is 80.0 Å². The Hall–Kier alpha value is -2.86. The van der Waals surface area contributed by atoms with Crippen LogP contribution in [0.1, 0.15) is 23.1 Å². The first-order chi connectivity index (χ1) is 15.2. The molecule has 1 aliphatic heterocycles. The molecule has 170 valence electrons. The number of carbonyl (C=O) groups is 2. The summed E-state index contributed by atoms with van der Waals surface area (Å²) in [5.41, 5.74) is -1.57. The summed E-state index contributed by atoms with van der Waals surface area (Å²) in [4.78, 5) is 32.4. The lowest BCUT2D eigenvalue weighted by Gasteiger charge is -2.33. The SMILES string of the molecule is CCOC(=O)N1CCN(C(=O)c2nn3c(C(F)(F)F)cc(-c4cccs4)nc3c2Cl)CC1. The largest absolute Gasteiger partial charge is 0.450 e. The highest BCUT2D eigenvalue weighted by atomic mass is 35.5. The molecule has 13 heteroatoms. The minimum Gasteiger partial charge on any atom is -0.450 e. The number of ether oxygens (including phenoxy) is 1. The molecule has 0 saturated carbocycles. The van der Waals surface area contributed by atoms with Crippen LogP contribution >= 0.6 is 22.9 Å². The third-order valence-corrected chi connectivity index (χ3v) is 6.13. The minimum atomic E-state index is -4.74. The van der Waals surface area contributed by atoms with Crippen molar-refractivity contribution in [3.05, 3.63) is 40.0 Å². The van der Waals surface area contributed by atoms with Gasteiger partial charge in [-0.2, -0.15) is 18.3 Å². The zero-order valence-corrected chi connectivity index (χ0v) is 18.3. The second kappa shape index (κ2) is 8.58. The Bertz CT molecular complexity index is 1160. The van der Waals surface area contributed by atoms with Gasteiger partial charge in [0, 0.05) is 26.2 Å². The van der Waals surface area contributed by atoms with Gasteiger partial charge in [-0.05, 0) is 24.4 Å². The third kappa shape index (κ3) is 4.11. The van der Waals surface area contributed by atoms with E-state index >= 15 is 0 Å². The van der Waals surface area contributed by atoms with Gasteiger partial charge in [-0.1, -0.05) is 17.7 Å². The summed E-state index contributed by atoms with van der Waals surface area (Å²) >= 11 is 7.54. The molecule has 4 heterocycles. The van der Waals surface area contributed by atoms with Crippen molar-refractivity contribution < 1.29 is 27.5 Å². The molecule has 4 rings (SSSR count). The molecule has 3 aromatic heterocycles. The van der Waals surface area contributed by atoms with E-state index in [4.69, 9.17) is 16.3 Å². The van der Waals surface area contributed by atoms with Crippen LogP contribution in [0.5, 0.6) is 0 Å². The molecule has 0 aliphatic carbocycles. The average Bonchev–Trinajstić information content (AvgIpc) is 3.41. The Morgan fingerprint density at radius 1 is 1.22 bits per heavy atom. The van der Waals surface area contributed by atoms with Crippen LogP contribution in [0, 0.1) is 0 Å². The van der Waals surface area contributed by atoms with E-state index < -0.39 is 23.9 Å². The number of aromatic nitrogens is 3. The first-order valence-electron chi connectivity index (χ1n) is 9.62. The number of nitrogens with zero attached hydrogens (tertiary/aromatic N) is 5. The van der Waals surface area contributed by atoms with Crippen molar-refractivity contribution in [2.24, 2.45) is 0 Å². The Kier molecular flexibility index (Phi) is 5.99. The van der Waals surface area contributed by atoms with Gasteiger partial charge in [0.05, 0.1) is 17.2 Å². The number of carbonyl (C=O) groups excluding carboxylic acids is 2. The summed E-state index contributed by atoms with van der Waals surface area (Å²) in [6, 6.07) is 4.22. The van der Waals surface area contributed by atoms with Crippen molar-refractivity contribution in [2.75, 3.05) is 32.8 Å². The second-order valence-electron chi connectivity index (χ2n) is 6.88. The first kappa shape index (κ1) is 22.3. The molecule has 0 spiro atoms. The summed E-state index contributed by atoms with van der Waals surface area (Å²) in [5.74, 6) is -0.630. The van der Waals surface area contributed by atoms with Gasteiger partial charge in [0.15, 0.2) is 17.0 Å². The average molecular weight is 488 g/mol. The number of thiophene rings is 1. The highest BCUT2D eigenvalue weighted by Gasteiger charge is 2.37. The van der Waals surface area contributed by atoms with Crippen molar-refractivity contribution in [3.63, 3.8) is 0 Å². The fourth-order valence-electron chi connectivity index (χ4n) is 3.34. The van der Waals surface area contributed by atoms with Crippen molar-refractivity contribution in [3.8, 4) is 10.6 Å². The van der Waals surface area contributed by atoms with E-state index in [2.05, 4.69) is 10.1 Å². The van der Waals surface area contributed by atoms with Crippen LogP contribution in [0.2, 0.25) is 5.02 Å². The van der Waals surface area contributed by atoms with Gasteiger partial charge in [0.2, 0.25) is 0 Å². The van der Waals surface area contributed by atoms with Crippen LogP contribution in [0.3, 0.4) is 0 Å². The summed E-state index contributed by atoms with van der Waals surface area (Å²) in [5, 5.41) is 5.33. The Morgan fingerprint density at radius 2 is 1.91 bits per heavy atom. The number of hydrogen-bond acceptors (Lipinski definition) is 6. The van der Waals surface area contributed by atoms with Crippen LogP contribution < -0.4 is 0 Å². The Labute approximate surface area is 189 Å². The van der Waals surface area contributed by atoms with E-state index in [1.807, 2.05) is 0 Å². The third-order valence-electron chi connectivity index (χ3n) is 4.89. The smallest absolute Gasteiger partial charge is 0.433 e. The van der Waals surface area contributed by atoms with Gasteiger partial charge >= 0.3 is 12.3 Å². The highest BCUT2D eigenvalue weighted by molar-refractivity contribution is 7.13. The van der Waals surface area contributed by atoms with Crippen LogP contribution in [0.15, 0.2) is 23.6 Å². The van der Waals surface area contributed by atoms with E-state index in [1.54, 1.807) is 24.4 Å². The van der Waals surface area contributed by atoms with Crippen molar-refractivity contribution in [1.82, 2.24) is 24.4 Å². The molecule has 8 nitrogen and oxygen atoms in total. The molecule has 0 radical (unpaired) electrons. The summed E-state index contributed by atoms with van der Waals surface area (Å²) in [6.07, 6.45) is -5.22. The quantitative estimate of drug-likeness (QED) is 0.557. The monoisotopic (exact) mass is 487 g/mol. The summed E-state index contributed by atoms with van der Waals surface area (Å²) < 4.78 is 46.7. The van der Waals surface area contributed by atoms with Crippen LogP contribution in [0.4, 0.5) is 18.0 Å². The molecule has 0 aromatic carbocycles. The molecule has 2 amide bonds. The zero-order valence-electron chi connectivity index (χ0n) is 16.7. The lowest BCUT2D eigenvalue weighted by molar-refractivity contribution is -0.142. The molecule has 3 aromatic rings. The normalized spacial score (nSPS) is 14.8. The fraction of sp³-hybridized carbons (Fsp3) is 0.368. The van der Waals surface area contributed by atoms with E-state index in [-0.39, 0.29) is 54.8 Å². The predicted octanol–water partition coefficient (Wildman–Crippen LogP) is 4.04. The lowest BCUT2D eigenvalue weighted by atomic mass is 10.2. The standard InChI is InChI=1S/C19H17ClF3N5O3S/c1-2-31-18(30)27-7-5-26(6-8-27)17(29)15-14(20)16-24-11(12-4-3-9-32-12)10-13(19(21,22)23)28(16)25-15/h3-4,9-10H,2,5-8H2,1H3. The number of amides is 2. The van der Waals surface area contributed by atoms with Crippen molar-refractivity contribution in [1.29, 1.82) is 0 Å². The van der Waals surface area contributed by atoms with Gasteiger partial charge in [-0.3, -0.25) is 4.79 Å². The number of hydrogen-bond donors (Lipinski definition) is 0. The molecule has 0 N–H and O–H groups in total. The molecule has 32 heavy (non-hydrogen) atoms. The van der Waals surface area contributed by atoms with Crippen LogP contribution in [0.25, 0.3) is 16.2 Å². The van der Waals surface area contributed by atoms with Crippen molar-refractivity contribution in [2.45, 2.75) is 13.1 Å². The van der Waals surface area contributed by atoms with E-state index in [0.717, 1.165) is 6.07 Å². The van der Waals surface area contributed by atoms with Gasteiger partial charge in [0.1, 0.15) is 5.02 Å². The van der Waals surface area contributed by atoms with Gasteiger partial charge in [-0.25, -0.2) is 14.3 Å². The van der Waals surface area contributed by atoms with Gasteiger partial charge in [0.25, 0.3) is 5.91 Å². The van der Waals surface area contributed by atoms with E-state index in [9.17, 15) is 22.8 Å². The van der Waals surface area contributed by atoms with Crippen LogP contribution in [-0.4, -0.2) is 69.2 Å².